The first-order valence-electron chi connectivity index (χ1n) is 19.3. The number of thiophene rings is 1. The fraction of sp³-hybridized carbons (Fsp3) is 0.0392. The Kier molecular flexibility index (Phi) is 7.16. The lowest BCUT2D eigenvalue weighted by atomic mass is 9.85. The number of hydrogen-bond acceptors (Lipinski definition) is 5. The van der Waals surface area contributed by atoms with E-state index in [9.17, 15) is 0 Å². The van der Waals surface area contributed by atoms with E-state index >= 15 is 0 Å². The molecule has 0 saturated carbocycles. The second-order valence-electron chi connectivity index (χ2n) is 14.7. The standard InChI is InChI=1S/C51H32N4OS/c1-3-12-31(13-4-1)32-22-25-35(26-23-32)55-42-20-9-7-17-40(42)46-43(55)29-28-39-38-18-11-19-41(47(38)56-48(39)46)51-53-49(33-14-5-2-6-15-33)52-50(54-51)34-24-27-37-36-16-8-10-21-44(36)57-45(37)30-34/h1-30,39,48H. The third-order valence-electron chi connectivity index (χ3n) is 11.5. The van der Waals surface area contributed by atoms with Gasteiger partial charge in [-0.2, -0.15) is 0 Å². The van der Waals surface area contributed by atoms with Gasteiger partial charge in [0.05, 0.1) is 16.8 Å². The first-order chi connectivity index (χ1) is 28.2. The van der Waals surface area contributed by atoms with Crippen LogP contribution in [0.5, 0.6) is 5.75 Å². The highest BCUT2D eigenvalue weighted by Crippen LogP contribution is 2.55. The number of hydrogen-bond donors (Lipinski definition) is 0. The summed E-state index contributed by atoms with van der Waals surface area (Å²) in [6, 6.07) is 59.7. The zero-order valence-electron chi connectivity index (χ0n) is 30.6. The minimum absolute atomic E-state index is 0.0393. The van der Waals surface area contributed by atoms with E-state index in [4.69, 9.17) is 19.7 Å². The molecule has 2 aliphatic rings. The first-order valence-corrected chi connectivity index (χ1v) is 20.1. The molecule has 268 valence electrons. The molecule has 7 aromatic carbocycles. The quantitative estimate of drug-likeness (QED) is 0.176. The molecule has 4 heterocycles. The van der Waals surface area contributed by atoms with Crippen molar-refractivity contribution in [3.05, 3.63) is 193 Å². The van der Waals surface area contributed by atoms with E-state index in [1.54, 1.807) is 11.3 Å². The van der Waals surface area contributed by atoms with Crippen molar-refractivity contribution in [1.82, 2.24) is 19.5 Å². The average Bonchev–Trinajstić information content (AvgIpc) is 3.96. The highest BCUT2D eigenvalue weighted by Gasteiger charge is 2.41. The number of ether oxygens (including phenoxy) is 1. The summed E-state index contributed by atoms with van der Waals surface area (Å²) >= 11 is 1.79. The van der Waals surface area contributed by atoms with Crippen molar-refractivity contribution < 1.29 is 4.74 Å². The number of rotatable bonds is 5. The van der Waals surface area contributed by atoms with Crippen molar-refractivity contribution in [2.24, 2.45) is 0 Å². The largest absolute Gasteiger partial charge is 0.484 e. The van der Waals surface area contributed by atoms with Gasteiger partial charge in [-0.25, -0.2) is 15.0 Å². The van der Waals surface area contributed by atoms with Gasteiger partial charge in [0.1, 0.15) is 11.9 Å². The molecule has 3 aromatic heterocycles. The second-order valence-corrected chi connectivity index (χ2v) is 15.8. The lowest BCUT2D eigenvalue weighted by Gasteiger charge is -2.22. The van der Waals surface area contributed by atoms with Gasteiger partial charge in [0.25, 0.3) is 0 Å². The number of nitrogens with zero attached hydrogens (tertiary/aromatic N) is 4. The normalized spacial score (nSPS) is 15.4. The Labute approximate surface area is 332 Å². The van der Waals surface area contributed by atoms with Crippen molar-refractivity contribution in [3.63, 3.8) is 0 Å². The summed E-state index contributed by atoms with van der Waals surface area (Å²) in [5.74, 6) is 2.72. The Morgan fingerprint density at radius 2 is 1.16 bits per heavy atom. The van der Waals surface area contributed by atoms with Gasteiger partial charge >= 0.3 is 0 Å². The summed E-state index contributed by atoms with van der Waals surface area (Å²) in [5.41, 5.74) is 10.9. The Balaban J connectivity index is 0.976. The zero-order chi connectivity index (χ0) is 37.5. The second kappa shape index (κ2) is 12.7. The molecule has 0 radical (unpaired) electrons. The monoisotopic (exact) mass is 748 g/mol. The first kappa shape index (κ1) is 32.1. The number of aromatic nitrogens is 4. The van der Waals surface area contributed by atoms with Crippen molar-refractivity contribution >= 4 is 48.5 Å². The van der Waals surface area contributed by atoms with Gasteiger partial charge in [-0.3, -0.25) is 0 Å². The molecule has 2 unspecified atom stereocenters. The molecule has 0 bridgehead atoms. The van der Waals surface area contributed by atoms with Crippen LogP contribution >= 0.6 is 11.3 Å². The van der Waals surface area contributed by atoms with Crippen molar-refractivity contribution in [2.45, 2.75) is 12.0 Å². The summed E-state index contributed by atoms with van der Waals surface area (Å²) in [6.07, 6.45) is 4.39. The zero-order valence-corrected chi connectivity index (χ0v) is 31.4. The van der Waals surface area contributed by atoms with Crippen LogP contribution in [0, 0.1) is 0 Å². The fourth-order valence-electron chi connectivity index (χ4n) is 8.79. The van der Waals surface area contributed by atoms with Crippen molar-refractivity contribution in [1.29, 1.82) is 0 Å². The maximum Gasteiger partial charge on any atom is 0.167 e. The molecular formula is C51H32N4OS. The molecule has 5 nitrogen and oxygen atoms in total. The molecule has 57 heavy (non-hydrogen) atoms. The molecule has 0 amide bonds. The molecule has 10 aromatic rings. The Hall–Kier alpha value is -7.15. The number of fused-ring (bicyclic) bond motifs is 10. The molecule has 0 fully saturated rings. The van der Waals surface area contributed by atoms with Gasteiger partial charge in [0.15, 0.2) is 17.5 Å². The minimum Gasteiger partial charge on any atom is -0.484 e. The Bertz CT molecular complexity index is 3220. The molecule has 6 heteroatoms. The van der Waals surface area contributed by atoms with Crippen LogP contribution in [0.25, 0.3) is 88.1 Å². The molecule has 1 aliphatic carbocycles. The molecule has 1 aliphatic heterocycles. The Morgan fingerprint density at radius 3 is 1.98 bits per heavy atom. The molecule has 0 spiro atoms. The summed E-state index contributed by atoms with van der Waals surface area (Å²) in [7, 11) is 0. The molecule has 12 rings (SSSR count). The topological polar surface area (TPSA) is 52.8 Å². The van der Waals surface area contributed by atoms with E-state index in [0.717, 1.165) is 44.9 Å². The molecular weight excluding hydrogens is 717 g/mol. The van der Waals surface area contributed by atoms with Gasteiger partial charge < -0.3 is 9.30 Å². The van der Waals surface area contributed by atoms with Crippen LogP contribution in [0.4, 0.5) is 0 Å². The van der Waals surface area contributed by atoms with E-state index in [1.807, 2.05) is 18.2 Å². The van der Waals surface area contributed by atoms with Crippen LogP contribution in [-0.2, 0) is 0 Å². The van der Waals surface area contributed by atoms with E-state index in [0.29, 0.717) is 17.5 Å². The molecule has 0 saturated heterocycles. The van der Waals surface area contributed by atoms with Crippen LogP contribution in [0.1, 0.15) is 28.8 Å². The number of benzene rings is 7. The van der Waals surface area contributed by atoms with E-state index < -0.39 is 0 Å². The van der Waals surface area contributed by atoms with E-state index in [2.05, 4.69) is 168 Å². The summed E-state index contributed by atoms with van der Waals surface area (Å²) in [4.78, 5) is 15.4. The third-order valence-corrected chi connectivity index (χ3v) is 12.6. The maximum atomic E-state index is 7.18. The van der Waals surface area contributed by atoms with Crippen molar-refractivity contribution in [3.8, 4) is 56.7 Å². The van der Waals surface area contributed by atoms with Crippen LogP contribution in [0.3, 0.4) is 0 Å². The highest BCUT2D eigenvalue weighted by molar-refractivity contribution is 7.25. The lowest BCUT2D eigenvalue weighted by Crippen LogP contribution is -2.13. The highest BCUT2D eigenvalue weighted by atomic mass is 32.1. The van der Waals surface area contributed by atoms with Crippen LogP contribution in [-0.4, -0.2) is 19.5 Å². The van der Waals surface area contributed by atoms with Crippen molar-refractivity contribution in [2.75, 3.05) is 0 Å². The Morgan fingerprint density at radius 1 is 0.509 bits per heavy atom. The average molecular weight is 749 g/mol. The number of para-hydroxylation sites is 2. The maximum absolute atomic E-state index is 7.18. The smallest absolute Gasteiger partial charge is 0.167 e. The SMILES string of the molecule is C1=CC2c3cccc(-c4nc(-c5ccccc5)nc(-c5ccc6c(c5)sc5ccccc56)n4)c3OC2c2c1n(-c1ccc(-c3ccccc3)cc1)c1ccccc21. The van der Waals surface area contributed by atoms with Crippen LogP contribution in [0.15, 0.2) is 176 Å². The summed E-state index contributed by atoms with van der Waals surface area (Å²) in [5, 5.41) is 3.70. The van der Waals surface area contributed by atoms with Gasteiger partial charge in [-0.1, -0.05) is 140 Å². The fourth-order valence-corrected chi connectivity index (χ4v) is 9.94. The molecule has 2 atom stereocenters. The van der Waals surface area contributed by atoms with Crippen LogP contribution < -0.4 is 4.74 Å². The van der Waals surface area contributed by atoms with Gasteiger partial charge in [-0.05, 0) is 53.6 Å². The van der Waals surface area contributed by atoms with E-state index in [1.165, 1.54) is 42.2 Å². The predicted molar refractivity (Wildman–Crippen MR) is 233 cm³/mol. The van der Waals surface area contributed by atoms with Gasteiger partial charge in [0, 0.05) is 59.4 Å². The van der Waals surface area contributed by atoms with E-state index in [-0.39, 0.29) is 12.0 Å². The van der Waals surface area contributed by atoms with Gasteiger partial charge in [-0.15, -0.1) is 11.3 Å². The third kappa shape index (κ3) is 5.11. The predicted octanol–water partition coefficient (Wildman–Crippen LogP) is 13.1. The van der Waals surface area contributed by atoms with Crippen LogP contribution in [0.2, 0.25) is 0 Å². The molecule has 0 N–H and O–H groups in total. The lowest BCUT2D eigenvalue weighted by molar-refractivity contribution is 0.225. The summed E-state index contributed by atoms with van der Waals surface area (Å²) < 4.78 is 12.0. The minimum atomic E-state index is -0.207. The summed E-state index contributed by atoms with van der Waals surface area (Å²) in [6.45, 7) is 0. The van der Waals surface area contributed by atoms with Gasteiger partial charge in [0.2, 0.25) is 0 Å².